The number of likely N-dealkylation sites (N-methyl/N-ethyl adjacent to an activating group) is 1. The zero-order valence-corrected chi connectivity index (χ0v) is 13.1. The van der Waals surface area contributed by atoms with Crippen LogP contribution in [0.2, 0.25) is 0 Å². The average molecular weight is 296 g/mol. The number of carbonyl (C=O) groups excluding carboxylic acids is 2. The lowest BCUT2D eigenvalue weighted by atomic mass is 10.2. The molecule has 6 heteroatoms. The van der Waals surface area contributed by atoms with Crippen molar-refractivity contribution in [3.05, 3.63) is 0 Å². The van der Waals surface area contributed by atoms with E-state index in [0.717, 1.165) is 39.0 Å². The molecule has 2 fully saturated rings. The zero-order chi connectivity index (χ0) is 15.2. The molecular formula is C15H28N4O2. The maximum absolute atomic E-state index is 12.5. The number of hydrogen-bond acceptors (Lipinski definition) is 3. The number of nitrogens with zero attached hydrogens (tertiary/aromatic N) is 3. The molecule has 2 rings (SSSR count). The maximum atomic E-state index is 12.5. The van der Waals surface area contributed by atoms with Gasteiger partial charge in [-0.15, -0.1) is 0 Å². The Morgan fingerprint density at radius 3 is 2.38 bits per heavy atom. The van der Waals surface area contributed by atoms with Crippen molar-refractivity contribution in [1.29, 1.82) is 0 Å². The second-order valence-corrected chi connectivity index (χ2v) is 6.21. The minimum atomic E-state index is -0.480. The molecule has 0 aromatic heterocycles. The lowest BCUT2D eigenvalue weighted by Gasteiger charge is -2.28. The molecule has 2 aliphatic rings. The fraction of sp³-hybridized carbons (Fsp3) is 0.867. The van der Waals surface area contributed by atoms with Gasteiger partial charge in [0.05, 0.1) is 0 Å². The number of urea groups is 1. The first-order valence-corrected chi connectivity index (χ1v) is 8.13. The first-order chi connectivity index (χ1) is 10.1. The van der Waals surface area contributed by atoms with Gasteiger partial charge in [0.25, 0.3) is 0 Å². The SMILES string of the molecule is CN(CCN1CCCCCC1)C(=O)[C@@H]1CCCN1C(N)=O. The van der Waals surface area contributed by atoms with Crippen LogP contribution in [0.15, 0.2) is 0 Å². The Morgan fingerprint density at radius 2 is 1.76 bits per heavy atom. The zero-order valence-electron chi connectivity index (χ0n) is 13.1. The summed E-state index contributed by atoms with van der Waals surface area (Å²) in [5, 5.41) is 0. The normalized spacial score (nSPS) is 23.9. The van der Waals surface area contributed by atoms with Gasteiger partial charge in [-0.1, -0.05) is 12.8 Å². The third kappa shape index (κ3) is 4.33. The molecule has 2 aliphatic heterocycles. The van der Waals surface area contributed by atoms with Crippen molar-refractivity contribution in [1.82, 2.24) is 14.7 Å². The Hall–Kier alpha value is -1.30. The van der Waals surface area contributed by atoms with Gasteiger partial charge in [-0.2, -0.15) is 0 Å². The molecule has 2 N–H and O–H groups in total. The molecule has 0 aromatic carbocycles. The van der Waals surface area contributed by atoms with Crippen molar-refractivity contribution in [2.24, 2.45) is 5.73 Å². The fourth-order valence-electron chi connectivity index (χ4n) is 3.30. The minimum Gasteiger partial charge on any atom is -0.351 e. The van der Waals surface area contributed by atoms with E-state index in [4.69, 9.17) is 5.73 Å². The van der Waals surface area contributed by atoms with Crippen LogP contribution < -0.4 is 5.73 Å². The Morgan fingerprint density at radius 1 is 1.10 bits per heavy atom. The monoisotopic (exact) mass is 296 g/mol. The largest absolute Gasteiger partial charge is 0.351 e. The Bertz CT molecular complexity index is 367. The molecule has 120 valence electrons. The highest BCUT2D eigenvalue weighted by atomic mass is 16.2. The van der Waals surface area contributed by atoms with Crippen LogP contribution in [-0.2, 0) is 4.79 Å². The van der Waals surface area contributed by atoms with Gasteiger partial charge in [0, 0.05) is 26.7 Å². The Labute approximate surface area is 127 Å². The number of hydrogen-bond donors (Lipinski definition) is 1. The fourth-order valence-corrected chi connectivity index (χ4v) is 3.30. The van der Waals surface area contributed by atoms with Crippen molar-refractivity contribution >= 4 is 11.9 Å². The van der Waals surface area contributed by atoms with Crippen LogP contribution >= 0.6 is 0 Å². The van der Waals surface area contributed by atoms with Crippen molar-refractivity contribution in [2.45, 2.75) is 44.6 Å². The molecule has 0 spiro atoms. The molecule has 1 atom stereocenters. The van der Waals surface area contributed by atoms with Crippen LogP contribution in [0.3, 0.4) is 0 Å². The summed E-state index contributed by atoms with van der Waals surface area (Å²) >= 11 is 0. The highest BCUT2D eigenvalue weighted by Crippen LogP contribution is 2.18. The lowest BCUT2D eigenvalue weighted by molar-refractivity contribution is -0.134. The molecule has 0 bridgehead atoms. The van der Waals surface area contributed by atoms with E-state index in [-0.39, 0.29) is 11.9 Å². The van der Waals surface area contributed by atoms with Gasteiger partial charge in [0.1, 0.15) is 6.04 Å². The molecule has 2 heterocycles. The molecule has 0 radical (unpaired) electrons. The van der Waals surface area contributed by atoms with Gasteiger partial charge in [0.15, 0.2) is 0 Å². The van der Waals surface area contributed by atoms with E-state index < -0.39 is 6.03 Å². The predicted octanol–water partition coefficient (Wildman–Crippen LogP) is 0.864. The Kier molecular flexibility index (Phi) is 5.85. The van der Waals surface area contributed by atoms with Crippen LogP contribution in [0.4, 0.5) is 4.79 Å². The maximum Gasteiger partial charge on any atom is 0.315 e. The molecule has 2 saturated heterocycles. The van der Waals surface area contributed by atoms with Crippen LogP contribution in [-0.4, -0.2) is 72.5 Å². The van der Waals surface area contributed by atoms with Gasteiger partial charge in [-0.3, -0.25) is 4.79 Å². The minimum absolute atomic E-state index is 0.0288. The Balaban J connectivity index is 1.80. The molecule has 0 aromatic rings. The number of likely N-dealkylation sites (tertiary alicyclic amines) is 2. The van der Waals surface area contributed by atoms with E-state index in [2.05, 4.69) is 4.90 Å². The molecule has 0 aliphatic carbocycles. The summed E-state index contributed by atoms with van der Waals surface area (Å²) in [6.07, 6.45) is 6.75. The van der Waals surface area contributed by atoms with Crippen LogP contribution in [0, 0.1) is 0 Å². The summed E-state index contributed by atoms with van der Waals surface area (Å²) < 4.78 is 0. The number of rotatable bonds is 4. The van der Waals surface area contributed by atoms with Gasteiger partial charge < -0.3 is 20.4 Å². The predicted molar refractivity (Wildman–Crippen MR) is 81.9 cm³/mol. The second-order valence-electron chi connectivity index (χ2n) is 6.21. The number of nitrogens with two attached hydrogens (primary N) is 1. The lowest BCUT2D eigenvalue weighted by Crippen LogP contribution is -2.49. The summed E-state index contributed by atoms with van der Waals surface area (Å²) in [5.41, 5.74) is 5.34. The van der Waals surface area contributed by atoms with Crippen molar-refractivity contribution in [2.75, 3.05) is 39.8 Å². The van der Waals surface area contributed by atoms with E-state index >= 15 is 0 Å². The molecule has 0 saturated carbocycles. The molecule has 0 unspecified atom stereocenters. The molecule has 6 nitrogen and oxygen atoms in total. The first kappa shape index (κ1) is 16.1. The van der Waals surface area contributed by atoms with Crippen molar-refractivity contribution < 1.29 is 9.59 Å². The van der Waals surface area contributed by atoms with E-state index in [1.54, 1.807) is 4.90 Å². The summed E-state index contributed by atoms with van der Waals surface area (Å²) in [7, 11) is 1.83. The van der Waals surface area contributed by atoms with E-state index in [1.807, 2.05) is 7.05 Å². The second kappa shape index (κ2) is 7.64. The average Bonchev–Trinajstić information content (AvgIpc) is 2.81. The van der Waals surface area contributed by atoms with Gasteiger partial charge in [-0.25, -0.2) is 4.79 Å². The van der Waals surface area contributed by atoms with Crippen molar-refractivity contribution in [3.8, 4) is 0 Å². The van der Waals surface area contributed by atoms with Crippen LogP contribution in [0.1, 0.15) is 38.5 Å². The summed E-state index contributed by atoms with van der Waals surface area (Å²) in [6.45, 7) is 4.52. The highest BCUT2D eigenvalue weighted by Gasteiger charge is 2.34. The van der Waals surface area contributed by atoms with E-state index in [9.17, 15) is 9.59 Å². The van der Waals surface area contributed by atoms with Gasteiger partial charge in [0.2, 0.25) is 5.91 Å². The number of amides is 3. The highest BCUT2D eigenvalue weighted by molar-refractivity contribution is 5.87. The van der Waals surface area contributed by atoms with Gasteiger partial charge >= 0.3 is 6.03 Å². The molecular weight excluding hydrogens is 268 g/mol. The van der Waals surface area contributed by atoms with Crippen LogP contribution in [0.25, 0.3) is 0 Å². The third-order valence-corrected chi connectivity index (χ3v) is 4.65. The summed E-state index contributed by atoms with van der Waals surface area (Å²) in [4.78, 5) is 29.5. The van der Waals surface area contributed by atoms with Crippen LogP contribution in [0.5, 0.6) is 0 Å². The topological polar surface area (TPSA) is 69.9 Å². The summed E-state index contributed by atoms with van der Waals surface area (Å²) in [6, 6.07) is -0.830. The van der Waals surface area contributed by atoms with Crippen molar-refractivity contribution in [3.63, 3.8) is 0 Å². The summed E-state index contributed by atoms with van der Waals surface area (Å²) in [5.74, 6) is 0.0288. The standard InChI is InChI=1S/C15H28N4O2/c1-17(11-12-18-8-4-2-3-5-9-18)14(20)13-7-6-10-19(13)15(16)21/h13H,2-12H2,1H3,(H2,16,21)/t13-/m0/s1. The molecule has 21 heavy (non-hydrogen) atoms. The molecule has 3 amide bonds. The third-order valence-electron chi connectivity index (χ3n) is 4.65. The quantitative estimate of drug-likeness (QED) is 0.836. The van der Waals surface area contributed by atoms with E-state index in [0.29, 0.717) is 6.54 Å². The number of primary amides is 1. The van der Waals surface area contributed by atoms with Gasteiger partial charge in [-0.05, 0) is 38.8 Å². The number of carbonyl (C=O) groups is 2. The first-order valence-electron chi connectivity index (χ1n) is 8.13. The smallest absolute Gasteiger partial charge is 0.315 e. The van der Waals surface area contributed by atoms with E-state index in [1.165, 1.54) is 30.6 Å².